The van der Waals surface area contributed by atoms with Crippen LogP contribution in [-0.4, -0.2) is 18.9 Å². The highest BCUT2D eigenvalue weighted by molar-refractivity contribution is 5.98. The van der Waals surface area contributed by atoms with E-state index in [0.29, 0.717) is 5.76 Å². The van der Waals surface area contributed by atoms with Crippen LogP contribution in [0.15, 0.2) is 40.8 Å². The van der Waals surface area contributed by atoms with Crippen LogP contribution in [0.25, 0.3) is 0 Å². The van der Waals surface area contributed by atoms with Gasteiger partial charge in [0, 0.05) is 19.0 Å². The molecular formula is C15H16N2O3. The minimum absolute atomic E-state index is 0.0825. The highest BCUT2D eigenvalue weighted by Gasteiger charge is 2.24. The van der Waals surface area contributed by atoms with Gasteiger partial charge in [-0.25, -0.2) is 0 Å². The van der Waals surface area contributed by atoms with E-state index in [0.717, 1.165) is 5.56 Å². The summed E-state index contributed by atoms with van der Waals surface area (Å²) in [5.74, 6) is -0.681. The zero-order valence-electron chi connectivity index (χ0n) is 11.3. The summed E-state index contributed by atoms with van der Waals surface area (Å²) >= 11 is 0. The van der Waals surface area contributed by atoms with Crippen LogP contribution in [0.3, 0.4) is 0 Å². The molecule has 1 heterocycles. The molecule has 0 saturated heterocycles. The molecule has 1 atom stereocenters. The fourth-order valence-electron chi connectivity index (χ4n) is 2.05. The van der Waals surface area contributed by atoms with Crippen molar-refractivity contribution < 1.29 is 14.0 Å². The zero-order chi connectivity index (χ0) is 14.7. The van der Waals surface area contributed by atoms with Gasteiger partial charge in [0.25, 0.3) is 11.8 Å². The van der Waals surface area contributed by atoms with Crippen molar-refractivity contribution >= 4 is 11.8 Å². The third-order valence-electron chi connectivity index (χ3n) is 3.17. The number of nitrogens with one attached hydrogen (secondary N) is 1. The summed E-state index contributed by atoms with van der Waals surface area (Å²) < 4.78 is 5.53. The molecule has 104 valence electrons. The standard InChI is InChI=1S/C15H16N2O3/c1-9(10-6-4-3-5-7-10)13-11(14(16)18)8-12(20-13)15(19)17-2/h3-9H,1-2H3,(H2,16,18)(H,17,19)/t9-/m0/s1. The quantitative estimate of drug-likeness (QED) is 0.891. The van der Waals surface area contributed by atoms with E-state index in [1.807, 2.05) is 37.3 Å². The van der Waals surface area contributed by atoms with Crippen molar-refractivity contribution in [2.24, 2.45) is 5.73 Å². The van der Waals surface area contributed by atoms with E-state index in [2.05, 4.69) is 5.32 Å². The van der Waals surface area contributed by atoms with Gasteiger partial charge in [-0.1, -0.05) is 37.3 Å². The predicted molar refractivity (Wildman–Crippen MR) is 74.6 cm³/mol. The summed E-state index contributed by atoms with van der Waals surface area (Å²) in [6.07, 6.45) is 0. The second-order valence-electron chi connectivity index (χ2n) is 4.46. The molecule has 5 nitrogen and oxygen atoms in total. The maximum Gasteiger partial charge on any atom is 0.286 e. The summed E-state index contributed by atoms with van der Waals surface area (Å²) in [7, 11) is 1.50. The van der Waals surface area contributed by atoms with Crippen LogP contribution < -0.4 is 11.1 Å². The minimum atomic E-state index is -0.610. The van der Waals surface area contributed by atoms with Crippen LogP contribution in [0.2, 0.25) is 0 Å². The Morgan fingerprint density at radius 1 is 1.25 bits per heavy atom. The Hall–Kier alpha value is -2.56. The first kappa shape index (κ1) is 13.9. The molecule has 1 aromatic carbocycles. The zero-order valence-corrected chi connectivity index (χ0v) is 11.3. The number of primary amides is 1. The first-order valence-corrected chi connectivity index (χ1v) is 6.25. The Labute approximate surface area is 116 Å². The number of carbonyl (C=O) groups excluding carboxylic acids is 2. The number of amides is 2. The lowest BCUT2D eigenvalue weighted by molar-refractivity contribution is 0.0932. The van der Waals surface area contributed by atoms with Crippen LogP contribution in [-0.2, 0) is 0 Å². The Balaban J connectivity index is 2.47. The van der Waals surface area contributed by atoms with Crippen molar-refractivity contribution in [1.29, 1.82) is 0 Å². The lowest BCUT2D eigenvalue weighted by atomic mass is 9.96. The summed E-state index contributed by atoms with van der Waals surface area (Å²) in [6, 6.07) is 10.9. The fourth-order valence-corrected chi connectivity index (χ4v) is 2.05. The summed E-state index contributed by atoms with van der Waals surface area (Å²) in [5, 5.41) is 2.45. The third-order valence-corrected chi connectivity index (χ3v) is 3.17. The number of nitrogens with two attached hydrogens (primary N) is 1. The van der Waals surface area contributed by atoms with Gasteiger partial charge < -0.3 is 15.5 Å². The molecular weight excluding hydrogens is 256 g/mol. The topological polar surface area (TPSA) is 85.3 Å². The highest BCUT2D eigenvalue weighted by Crippen LogP contribution is 2.29. The van der Waals surface area contributed by atoms with Crippen molar-refractivity contribution in [2.75, 3.05) is 7.05 Å². The van der Waals surface area contributed by atoms with E-state index in [9.17, 15) is 9.59 Å². The molecule has 2 amide bonds. The smallest absolute Gasteiger partial charge is 0.286 e. The summed E-state index contributed by atoms with van der Waals surface area (Å²) in [5.41, 5.74) is 6.57. The van der Waals surface area contributed by atoms with Gasteiger partial charge in [0.1, 0.15) is 5.76 Å². The van der Waals surface area contributed by atoms with Gasteiger partial charge in [0.05, 0.1) is 5.56 Å². The molecule has 0 unspecified atom stereocenters. The van der Waals surface area contributed by atoms with Crippen molar-refractivity contribution in [2.45, 2.75) is 12.8 Å². The van der Waals surface area contributed by atoms with Crippen LogP contribution in [0.5, 0.6) is 0 Å². The third kappa shape index (κ3) is 2.56. The summed E-state index contributed by atoms with van der Waals surface area (Å²) in [6.45, 7) is 1.90. The van der Waals surface area contributed by atoms with E-state index in [1.54, 1.807) is 0 Å². The minimum Gasteiger partial charge on any atom is -0.454 e. The monoisotopic (exact) mass is 272 g/mol. The molecule has 20 heavy (non-hydrogen) atoms. The largest absolute Gasteiger partial charge is 0.454 e. The Kier molecular flexibility index (Phi) is 3.89. The number of rotatable bonds is 4. The van der Waals surface area contributed by atoms with Gasteiger partial charge in [-0.05, 0) is 5.56 Å². The fraction of sp³-hybridized carbons (Fsp3) is 0.200. The van der Waals surface area contributed by atoms with Crippen LogP contribution in [0.4, 0.5) is 0 Å². The first-order chi connectivity index (χ1) is 9.54. The van der Waals surface area contributed by atoms with E-state index in [1.165, 1.54) is 13.1 Å². The van der Waals surface area contributed by atoms with Crippen LogP contribution >= 0.6 is 0 Å². The maximum atomic E-state index is 11.6. The first-order valence-electron chi connectivity index (χ1n) is 6.25. The van der Waals surface area contributed by atoms with Gasteiger partial charge in [-0.2, -0.15) is 0 Å². The van der Waals surface area contributed by atoms with E-state index in [-0.39, 0.29) is 23.1 Å². The lowest BCUT2D eigenvalue weighted by Crippen LogP contribution is -2.17. The van der Waals surface area contributed by atoms with E-state index in [4.69, 9.17) is 10.2 Å². The number of benzene rings is 1. The van der Waals surface area contributed by atoms with Gasteiger partial charge in [0.15, 0.2) is 5.76 Å². The normalized spacial score (nSPS) is 11.9. The van der Waals surface area contributed by atoms with Crippen LogP contribution in [0.1, 0.15) is 45.1 Å². The maximum absolute atomic E-state index is 11.6. The van der Waals surface area contributed by atoms with Gasteiger partial charge in [0.2, 0.25) is 0 Å². The molecule has 0 aliphatic heterocycles. The van der Waals surface area contributed by atoms with Gasteiger partial charge in [-0.3, -0.25) is 9.59 Å². The van der Waals surface area contributed by atoms with Crippen molar-refractivity contribution in [3.63, 3.8) is 0 Å². The number of carbonyl (C=O) groups is 2. The SMILES string of the molecule is CNC(=O)c1cc(C(N)=O)c([C@@H](C)c2ccccc2)o1. The second-order valence-corrected chi connectivity index (χ2v) is 4.46. The lowest BCUT2D eigenvalue weighted by Gasteiger charge is -2.10. The molecule has 0 aliphatic rings. The molecule has 0 fully saturated rings. The number of hydrogen-bond donors (Lipinski definition) is 2. The molecule has 2 aromatic rings. The van der Waals surface area contributed by atoms with Gasteiger partial charge in [-0.15, -0.1) is 0 Å². The Morgan fingerprint density at radius 3 is 2.45 bits per heavy atom. The van der Waals surface area contributed by atoms with Crippen molar-refractivity contribution in [3.05, 3.63) is 59.0 Å². The molecule has 0 saturated carbocycles. The Bertz CT molecular complexity index is 632. The van der Waals surface area contributed by atoms with E-state index < -0.39 is 5.91 Å². The highest BCUT2D eigenvalue weighted by atomic mass is 16.4. The molecule has 0 spiro atoms. The molecule has 1 aromatic heterocycles. The summed E-state index contributed by atoms with van der Waals surface area (Å²) in [4.78, 5) is 23.1. The average Bonchev–Trinajstić information content (AvgIpc) is 2.92. The molecule has 0 bridgehead atoms. The number of furan rings is 1. The van der Waals surface area contributed by atoms with Crippen molar-refractivity contribution in [1.82, 2.24) is 5.32 Å². The Morgan fingerprint density at radius 2 is 1.90 bits per heavy atom. The molecule has 0 aliphatic carbocycles. The molecule has 2 rings (SSSR count). The van der Waals surface area contributed by atoms with Crippen LogP contribution in [0, 0.1) is 0 Å². The predicted octanol–water partition coefficient (Wildman–Crippen LogP) is 1.89. The van der Waals surface area contributed by atoms with E-state index >= 15 is 0 Å². The molecule has 3 N–H and O–H groups in total. The average molecular weight is 272 g/mol. The molecule has 5 heteroatoms. The second kappa shape index (κ2) is 5.61. The molecule has 0 radical (unpaired) electrons. The number of hydrogen-bond acceptors (Lipinski definition) is 3. The van der Waals surface area contributed by atoms with Crippen molar-refractivity contribution in [3.8, 4) is 0 Å². The van der Waals surface area contributed by atoms with Gasteiger partial charge >= 0.3 is 0 Å².